The second-order valence-corrected chi connectivity index (χ2v) is 6.87. The van der Waals surface area contributed by atoms with Gasteiger partial charge in [-0.25, -0.2) is 0 Å². The number of nitrogens with zero attached hydrogens (tertiary/aromatic N) is 1. The molecule has 5 nitrogen and oxygen atoms in total. The average molecular weight is 372 g/mol. The second-order valence-electron chi connectivity index (χ2n) is 5.89. The first-order valence-corrected chi connectivity index (χ1v) is 9.56. The molecule has 0 saturated carbocycles. The van der Waals surface area contributed by atoms with E-state index < -0.39 is 0 Å². The van der Waals surface area contributed by atoms with Crippen molar-refractivity contribution in [2.75, 3.05) is 37.0 Å². The first-order valence-electron chi connectivity index (χ1n) is 8.40. The molecule has 1 N–H and O–H groups in total. The number of likely N-dealkylation sites (N-methyl/N-ethyl adjacent to an activating group) is 1. The van der Waals surface area contributed by atoms with Crippen LogP contribution >= 0.6 is 11.8 Å². The monoisotopic (exact) mass is 372 g/mol. The summed E-state index contributed by atoms with van der Waals surface area (Å²) < 4.78 is 5.58. The fourth-order valence-electron chi connectivity index (χ4n) is 2.20. The van der Waals surface area contributed by atoms with Crippen LogP contribution in [0.1, 0.15) is 5.56 Å². The Morgan fingerprint density at radius 3 is 2.58 bits per heavy atom. The first kappa shape index (κ1) is 19.8. The normalized spacial score (nSPS) is 10.2. The Bertz CT molecular complexity index is 722. The summed E-state index contributed by atoms with van der Waals surface area (Å²) in [6.07, 6.45) is 0. The van der Waals surface area contributed by atoms with Crippen molar-refractivity contribution >= 4 is 29.3 Å². The van der Waals surface area contributed by atoms with Crippen LogP contribution < -0.4 is 10.1 Å². The van der Waals surface area contributed by atoms with Crippen LogP contribution in [0, 0.1) is 6.92 Å². The molecule has 0 aromatic heterocycles. The minimum absolute atomic E-state index is 0.0185. The van der Waals surface area contributed by atoms with Gasteiger partial charge in [-0.15, -0.1) is 11.8 Å². The van der Waals surface area contributed by atoms with Gasteiger partial charge in [-0.1, -0.05) is 30.3 Å². The lowest BCUT2D eigenvalue weighted by Crippen LogP contribution is -2.32. The van der Waals surface area contributed by atoms with E-state index in [1.165, 1.54) is 11.8 Å². The molecule has 6 heteroatoms. The standard InChI is InChI=1S/C20H24N2O3S/c1-16-7-6-8-17(13-16)21-19(23)14-26-15-20(24)22(2)11-12-25-18-9-4-3-5-10-18/h3-10,13H,11-12,14-15H2,1-2H3,(H,21,23). The molecule has 0 heterocycles. The molecule has 0 unspecified atom stereocenters. The molecule has 0 aliphatic carbocycles. The third-order valence-electron chi connectivity index (χ3n) is 3.62. The maximum atomic E-state index is 12.1. The van der Waals surface area contributed by atoms with E-state index in [4.69, 9.17) is 4.74 Å². The van der Waals surface area contributed by atoms with E-state index in [0.29, 0.717) is 13.2 Å². The van der Waals surface area contributed by atoms with Gasteiger partial charge in [-0.2, -0.15) is 0 Å². The molecule has 2 rings (SSSR count). The molecular weight excluding hydrogens is 348 g/mol. The smallest absolute Gasteiger partial charge is 0.234 e. The van der Waals surface area contributed by atoms with Crippen LogP contribution in [0.2, 0.25) is 0 Å². The molecule has 2 aromatic carbocycles. The van der Waals surface area contributed by atoms with Crippen molar-refractivity contribution in [3.8, 4) is 5.75 Å². The molecule has 26 heavy (non-hydrogen) atoms. The maximum Gasteiger partial charge on any atom is 0.234 e. The zero-order valence-electron chi connectivity index (χ0n) is 15.1. The predicted molar refractivity (Wildman–Crippen MR) is 107 cm³/mol. The van der Waals surface area contributed by atoms with Crippen LogP contribution in [-0.4, -0.2) is 48.4 Å². The van der Waals surface area contributed by atoms with Gasteiger partial charge in [0.05, 0.1) is 18.1 Å². The molecule has 0 bridgehead atoms. The molecule has 0 atom stereocenters. The highest BCUT2D eigenvalue weighted by molar-refractivity contribution is 8.00. The highest BCUT2D eigenvalue weighted by atomic mass is 32.2. The Balaban J connectivity index is 1.62. The lowest BCUT2D eigenvalue weighted by atomic mass is 10.2. The Morgan fingerprint density at radius 1 is 1.08 bits per heavy atom. The second kappa shape index (κ2) is 10.5. The number of nitrogens with one attached hydrogen (secondary N) is 1. The number of carbonyl (C=O) groups is 2. The van der Waals surface area contributed by atoms with Gasteiger partial charge in [0.1, 0.15) is 12.4 Å². The molecule has 2 aromatic rings. The molecule has 138 valence electrons. The summed E-state index contributed by atoms with van der Waals surface area (Å²) in [5, 5.41) is 2.83. The molecule has 0 aliphatic rings. The zero-order chi connectivity index (χ0) is 18.8. The van der Waals surface area contributed by atoms with Crippen molar-refractivity contribution in [3.63, 3.8) is 0 Å². The van der Waals surface area contributed by atoms with Gasteiger partial charge in [0.2, 0.25) is 11.8 Å². The van der Waals surface area contributed by atoms with Gasteiger partial charge in [0, 0.05) is 12.7 Å². The third kappa shape index (κ3) is 7.19. The van der Waals surface area contributed by atoms with Crippen molar-refractivity contribution < 1.29 is 14.3 Å². The topological polar surface area (TPSA) is 58.6 Å². The Labute approximate surface area is 158 Å². The van der Waals surface area contributed by atoms with E-state index in [1.807, 2.05) is 61.5 Å². The number of ether oxygens (including phenoxy) is 1. The minimum atomic E-state index is -0.108. The fraction of sp³-hybridized carbons (Fsp3) is 0.300. The van der Waals surface area contributed by atoms with Gasteiger partial charge in [-0.3, -0.25) is 9.59 Å². The van der Waals surface area contributed by atoms with Crippen LogP contribution in [-0.2, 0) is 9.59 Å². The van der Waals surface area contributed by atoms with Crippen molar-refractivity contribution in [1.82, 2.24) is 4.90 Å². The zero-order valence-corrected chi connectivity index (χ0v) is 15.9. The number of benzene rings is 2. The number of aryl methyl sites for hydroxylation is 1. The Morgan fingerprint density at radius 2 is 1.85 bits per heavy atom. The van der Waals surface area contributed by atoms with Crippen LogP contribution in [0.3, 0.4) is 0 Å². The molecule has 0 radical (unpaired) electrons. The fourth-order valence-corrected chi connectivity index (χ4v) is 2.96. The van der Waals surface area contributed by atoms with Crippen LogP contribution in [0.4, 0.5) is 5.69 Å². The molecule has 0 aliphatic heterocycles. The van der Waals surface area contributed by atoms with Crippen LogP contribution in [0.5, 0.6) is 5.75 Å². The summed E-state index contributed by atoms with van der Waals surface area (Å²) in [6, 6.07) is 17.1. The molecule has 2 amide bonds. The molecule has 0 saturated heterocycles. The Hall–Kier alpha value is -2.47. The van der Waals surface area contributed by atoms with E-state index in [1.54, 1.807) is 11.9 Å². The number of rotatable bonds is 9. The molecular formula is C20H24N2O3S. The van der Waals surface area contributed by atoms with E-state index in [9.17, 15) is 9.59 Å². The summed E-state index contributed by atoms with van der Waals surface area (Å²) in [7, 11) is 1.74. The third-order valence-corrected chi connectivity index (χ3v) is 4.54. The summed E-state index contributed by atoms with van der Waals surface area (Å²) in [6.45, 7) is 2.91. The number of para-hydroxylation sites is 1. The van der Waals surface area contributed by atoms with Crippen molar-refractivity contribution in [3.05, 3.63) is 60.2 Å². The Kier molecular flexibility index (Phi) is 8.02. The lowest BCUT2D eigenvalue weighted by molar-refractivity contribution is -0.127. The van der Waals surface area contributed by atoms with Crippen LogP contribution in [0.25, 0.3) is 0 Å². The summed E-state index contributed by atoms with van der Waals surface area (Å²) >= 11 is 1.31. The number of hydrogen-bond donors (Lipinski definition) is 1. The van der Waals surface area contributed by atoms with Gasteiger partial charge >= 0.3 is 0 Å². The SMILES string of the molecule is Cc1cccc(NC(=O)CSCC(=O)N(C)CCOc2ccccc2)c1. The molecule has 0 spiro atoms. The van der Waals surface area contributed by atoms with Crippen molar-refractivity contribution in [1.29, 1.82) is 0 Å². The van der Waals surface area contributed by atoms with Gasteiger partial charge in [0.15, 0.2) is 0 Å². The number of amides is 2. The predicted octanol–water partition coefficient (Wildman–Crippen LogP) is 3.20. The number of hydrogen-bond acceptors (Lipinski definition) is 4. The van der Waals surface area contributed by atoms with Crippen molar-refractivity contribution in [2.45, 2.75) is 6.92 Å². The number of carbonyl (C=O) groups excluding carboxylic acids is 2. The van der Waals surface area contributed by atoms with E-state index in [2.05, 4.69) is 5.32 Å². The summed E-state index contributed by atoms with van der Waals surface area (Å²) in [5.74, 6) is 1.17. The minimum Gasteiger partial charge on any atom is -0.492 e. The lowest BCUT2D eigenvalue weighted by Gasteiger charge is -2.17. The summed E-state index contributed by atoms with van der Waals surface area (Å²) in [5.41, 5.74) is 1.86. The first-order chi connectivity index (χ1) is 12.5. The van der Waals surface area contributed by atoms with Crippen LogP contribution in [0.15, 0.2) is 54.6 Å². The highest BCUT2D eigenvalue weighted by Crippen LogP contribution is 2.11. The van der Waals surface area contributed by atoms with E-state index in [0.717, 1.165) is 17.0 Å². The van der Waals surface area contributed by atoms with Gasteiger partial charge in [0.25, 0.3) is 0 Å². The van der Waals surface area contributed by atoms with Gasteiger partial charge in [-0.05, 0) is 36.8 Å². The van der Waals surface area contributed by atoms with E-state index in [-0.39, 0.29) is 23.3 Å². The largest absolute Gasteiger partial charge is 0.492 e. The molecule has 0 fully saturated rings. The highest BCUT2D eigenvalue weighted by Gasteiger charge is 2.10. The summed E-state index contributed by atoms with van der Waals surface area (Å²) in [4.78, 5) is 25.6. The number of thioether (sulfide) groups is 1. The quantitative estimate of drug-likeness (QED) is 0.734. The maximum absolute atomic E-state index is 12.1. The average Bonchev–Trinajstić information content (AvgIpc) is 2.62. The van der Waals surface area contributed by atoms with Crippen molar-refractivity contribution in [2.24, 2.45) is 0 Å². The van der Waals surface area contributed by atoms with Gasteiger partial charge < -0.3 is 15.0 Å². The number of anilines is 1. The van der Waals surface area contributed by atoms with E-state index >= 15 is 0 Å².